The Morgan fingerprint density at radius 2 is 2.16 bits per heavy atom. The lowest BCUT2D eigenvalue weighted by Crippen LogP contribution is -2.31. The van der Waals surface area contributed by atoms with Crippen LogP contribution in [0, 0.1) is 0 Å². The second kappa shape index (κ2) is 6.60. The maximum Gasteiger partial charge on any atom is 0.246 e. The van der Waals surface area contributed by atoms with Crippen LogP contribution in [0.4, 0.5) is 0 Å². The first kappa shape index (κ1) is 16.8. The fourth-order valence-corrected chi connectivity index (χ4v) is 5.05. The van der Waals surface area contributed by atoms with Gasteiger partial charge >= 0.3 is 0 Å². The van der Waals surface area contributed by atoms with Gasteiger partial charge in [0, 0.05) is 48.9 Å². The molecule has 0 aliphatic carbocycles. The Balaban J connectivity index is 1.48. The maximum atomic E-state index is 11.6. The molecule has 5 nitrogen and oxygen atoms in total. The molecule has 0 saturated carbocycles. The molecule has 0 fully saturated rings. The van der Waals surface area contributed by atoms with Crippen LogP contribution in [0.3, 0.4) is 0 Å². The summed E-state index contributed by atoms with van der Waals surface area (Å²) in [5.74, 6) is 0. The van der Waals surface area contributed by atoms with Gasteiger partial charge in [0.15, 0.2) is 0 Å². The zero-order chi connectivity index (χ0) is 17.4. The number of hydrogen-bond acceptors (Lipinski definition) is 7. The summed E-state index contributed by atoms with van der Waals surface area (Å²) in [5, 5.41) is 6.40. The third kappa shape index (κ3) is 3.67. The lowest BCUT2D eigenvalue weighted by atomic mass is 10.1. The van der Waals surface area contributed by atoms with Gasteiger partial charge in [-0.25, -0.2) is 18.4 Å². The second-order valence-electron chi connectivity index (χ2n) is 6.17. The van der Waals surface area contributed by atoms with E-state index in [0.717, 1.165) is 43.6 Å². The number of thiophene rings is 2. The Morgan fingerprint density at radius 3 is 2.92 bits per heavy atom. The van der Waals surface area contributed by atoms with Gasteiger partial charge in [0.2, 0.25) is 15.0 Å². The monoisotopic (exact) mass is 391 g/mol. The fourth-order valence-electron chi connectivity index (χ4n) is 2.93. The Labute approximate surface area is 154 Å². The van der Waals surface area contributed by atoms with E-state index < -0.39 is 9.84 Å². The zero-order valence-electron chi connectivity index (χ0n) is 13.7. The number of aromatic nitrogens is 2. The SMILES string of the molecule is CS(=O)(=O)c1ncc2c(n1)CCN(Cc1cc(-c3ccsc3)cs1)C2. The van der Waals surface area contributed by atoms with Crippen LogP contribution >= 0.6 is 22.7 Å². The van der Waals surface area contributed by atoms with Crippen LogP contribution in [0.15, 0.2) is 39.6 Å². The summed E-state index contributed by atoms with van der Waals surface area (Å²) in [4.78, 5) is 12.0. The first-order valence-electron chi connectivity index (χ1n) is 7.86. The summed E-state index contributed by atoms with van der Waals surface area (Å²) in [6.07, 6.45) is 3.56. The summed E-state index contributed by atoms with van der Waals surface area (Å²) < 4.78 is 23.2. The summed E-state index contributed by atoms with van der Waals surface area (Å²) in [6.45, 7) is 2.52. The van der Waals surface area contributed by atoms with Crippen LogP contribution < -0.4 is 0 Å². The van der Waals surface area contributed by atoms with E-state index in [1.54, 1.807) is 28.9 Å². The molecule has 1 aliphatic heterocycles. The van der Waals surface area contributed by atoms with E-state index in [1.807, 2.05) is 0 Å². The van der Waals surface area contributed by atoms with E-state index in [4.69, 9.17) is 0 Å². The van der Waals surface area contributed by atoms with E-state index in [2.05, 4.69) is 43.1 Å². The minimum atomic E-state index is -3.35. The molecule has 0 spiro atoms. The molecular weight excluding hydrogens is 374 g/mol. The Morgan fingerprint density at radius 1 is 1.28 bits per heavy atom. The highest BCUT2D eigenvalue weighted by Crippen LogP contribution is 2.29. The average molecular weight is 392 g/mol. The van der Waals surface area contributed by atoms with Crippen molar-refractivity contribution < 1.29 is 8.42 Å². The topological polar surface area (TPSA) is 63.2 Å². The quantitative estimate of drug-likeness (QED) is 0.639. The van der Waals surface area contributed by atoms with Gasteiger partial charge in [-0.1, -0.05) is 0 Å². The van der Waals surface area contributed by atoms with Crippen molar-refractivity contribution in [1.29, 1.82) is 0 Å². The minimum Gasteiger partial charge on any atom is -0.293 e. The highest BCUT2D eigenvalue weighted by molar-refractivity contribution is 7.90. The van der Waals surface area contributed by atoms with Crippen molar-refractivity contribution in [2.24, 2.45) is 0 Å². The first-order valence-corrected chi connectivity index (χ1v) is 11.6. The van der Waals surface area contributed by atoms with Crippen LogP contribution in [-0.4, -0.2) is 36.1 Å². The Bertz CT molecular complexity index is 994. The molecule has 0 bridgehead atoms. The van der Waals surface area contributed by atoms with Crippen molar-refractivity contribution in [3.05, 3.63) is 50.6 Å². The molecule has 0 aromatic carbocycles. The third-order valence-corrected chi connectivity index (χ3v) is 6.67. The smallest absolute Gasteiger partial charge is 0.246 e. The molecular formula is C17H17N3O2S3. The zero-order valence-corrected chi connectivity index (χ0v) is 16.1. The van der Waals surface area contributed by atoms with Crippen molar-refractivity contribution in [2.45, 2.75) is 24.7 Å². The molecule has 0 saturated heterocycles. The standard InChI is InChI=1S/C17H17N3O2S3/c1-25(21,22)17-18-7-14-8-20(4-2-16(14)19-17)9-15-6-13(11-24-15)12-3-5-23-10-12/h3,5-7,10-11H,2,4,8-9H2,1H3. The van der Waals surface area contributed by atoms with E-state index in [0.29, 0.717) is 0 Å². The van der Waals surface area contributed by atoms with Crippen molar-refractivity contribution >= 4 is 32.5 Å². The van der Waals surface area contributed by atoms with Gasteiger partial charge < -0.3 is 0 Å². The van der Waals surface area contributed by atoms with Gasteiger partial charge in [0.05, 0.1) is 5.69 Å². The molecule has 0 amide bonds. The number of fused-ring (bicyclic) bond motifs is 1. The Hall–Kier alpha value is -1.61. The van der Waals surface area contributed by atoms with Gasteiger partial charge in [-0.05, 0) is 39.4 Å². The van der Waals surface area contributed by atoms with Crippen LogP contribution in [0.25, 0.3) is 11.1 Å². The second-order valence-corrected chi connectivity index (χ2v) is 9.86. The molecule has 3 aromatic rings. The van der Waals surface area contributed by atoms with Crippen molar-refractivity contribution in [2.75, 3.05) is 12.8 Å². The number of hydrogen-bond donors (Lipinski definition) is 0. The fraction of sp³-hybridized carbons (Fsp3) is 0.294. The van der Waals surface area contributed by atoms with Crippen LogP contribution in [0.1, 0.15) is 16.1 Å². The van der Waals surface area contributed by atoms with Gasteiger partial charge in [0.25, 0.3) is 0 Å². The molecule has 0 unspecified atom stereocenters. The molecule has 3 aromatic heterocycles. The molecule has 1 aliphatic rings. The normalized spacial score (nSPS) is 15.2. The van der Waals surface area contributed by atoms with Gasteiger partial charge in [-0.2, -0.15) is 11.3 Å². The van der Waals surface area contributed by atoms with E-state index in [1.165, 1.54) is 16.0 Å². The van der Waals surface area contributed by atoms with Gasteiger partial charge in [0.1, 0.15) is 0 Å². The number of sulfone groups is 1. The highest BCUT2D eigenvalue weighted by Gasteiger charge is 2.21. The van der Waals surface area contributed by atoms with E-state index >= 15 is 0 Å². The highest BCUT2D eigenvalue weighted by atomic mass is 32.2. The van der Waals surface area contributed by atoms with E-state index in [9.17, 15) is 8.42 Å². The van der Waals surface area contributed by atoms with Gasteiger partial charge in [-0.15, -0.1) is 11.3 Å². The van der Waals surface area contributed by atoms with Crippen molar-refractivity contribution in [3.63, 3.8) is 0 Å². The average Bonchev–Trinajstić information content (AvgIpc) is 3.24. The summed E-state index contributed by atoms with van der Waals surface area (Å²) in [7, 11) is -3.35. The van der Waals surface area contributed by atoms with Crippen molar-refractivity contribution in [3.8, 4) is 11.1 Å². The summed E-state index contributed by atoms with van der Waals surface area (Å²) in [6, 6.07) is 4.40. The van der Waals surface area contributed by atoms with E-state index in [-0.39, 0.29) is 5.16 Å². The van der Waals surface area contributed by atoms with Crippen LogP contribution in [0.5, 0.6) is 0 Å². The minimum absolute atomic E-state index is 0.0710. The predicted octanol–water partition coefficient (Wildman–Crippen LogP) is 3.23. The summed E-state index contributed by atoms with van der Waals surface area (Å²) in [5.41, 5.74) is 4.43. The molecule has 130 valence electrons. The van der Waals surface area contributed by atoms with Crippen LogP contribution in [-0.2, 0) is 29.3 Å². The number of nitrogens with zero attached hydrogens (tertiary/aromatic N) is 3. The lowest BCUT2D eigenvalue weighted by Gasteiger charge is -2.27. The molecule has 8 heteroatoms. The van der Waals surface area contributed by atoms with Crippen LogP contribution in [0.2, 0.25) is 0 Å². The third-order valence-electron chi connectivity index (χ3n) is 4.21. The maximum absolute atomic E-state index is 11.6. The summed E-state index contributed by atoms with van der Waals surface area (Å²) >= 11 is 3.49. The Kier molecular flexibility index (Phi) is 4.45. The first-order chi connectivity index (χ1) is 12.0. The predicted molar refractivity (Wildman–Crippen MR) is 101 cm³/mol. The number of rotatable bonds is 4. The molecule has 0 N–H and O–H groups in total. The molecule has 4 rings (SSSR count). The molecule has 4 heterocycles. The lowest BCUT2D eigenvalue weighted by molar-refractivity contribution is 0.244. The molecule has 25 heavy (non-hydrogen) atoms. The molecule has 0 atom stereocenters. The molecule has 0 radical (unpaired) electrons. The van der Waals surface area contributed by atoms with Gasteiger partial charge in [-0.3, -0.25) is 4.90 Å². The van der Waals surface area contributed by atoms with Crippen molar-refractivity contribution in [1.82, 2.24) is 14.9 Å². The largest absolute Gasteiger partial charge is 0.293 e.